The van der Waals surface area contributed by atoms with Crippen molar-refractivity contribution in [2.75, 3.05) is 13.1 Å². The highest BCUT2D eigenvalue weighted by atomic mass is 16.2. The molecule has 1 fully saturated rings. The number of rotatable bonds is 4. The lowest BCUT2D eigenvalue weighted by Gasteiger charge is -2.17. The summed E-state index contributed by atoms with van der Waals surface area (Å²) in [5.41, 5.74) is 2.90. The number of hydrogen-bond acceptors (Lipinski definition) is 4. The number of benzene rings is 1. The smallest absolute Gasteiger partial charge is 0.253 e. The summed E-state index contributed by atoms with van der Waals surface area (Å²) in [5.74, 6) is 0.0758. The molecule has 3 aromatic rings. The zero-order chi connectivity index (χ0) is 17.2. The molecule has 1 atom stereocenters. The fourth-order valence-corrected chi connectivity index (χ4v) is 3.26. The molecule has 1 aliphatic rings. The minimum absolute atomic E-state index is 0.0758. The fourth-order valence-electron chi connectivity index (χ4n) is 3.26. The van der Waals surface area contributed by atoms with Crippen LogP contribution < -0.4 is 0 Å². The molecule has 0 saturated carbocycles. The van der Waals surface area contributed by atoms with Crippen molar-refractivity contribution in [3.8, 4) is 0 Å². The van der Waals surface area contributed by atoms with Crippen LogP contribution >= 0.6 is 0 Å². The summed E-state index contributed by atoms with van der Waals surface area (Å²) in [6, 6.07) is 7.99. The van der Waals surface area contributed by atoms with E-state index < -0.39 is 0 Å². The van der Waals surface area contributed by atoms with Gasteiger partial charge in [-0.15, -0.1) is 0 Å². The standard InChI is InChI=1S/C18H20N6O/c1-14-8-20-24(9-14)17-5-6-22(11-17)18(25)16-4-2-3-15(7-16)10-23-13-19-12-21-23/h2-4,7-9,12-13,17H,5-6,10-11H2,1H3. The molecule has 0 spiro atoms. The van der Waals surface area contributed by atoms with E-state index in [4.69, 9.17) is 0 Å². The minimum atomic E-state index is 0.0758. The topological polar surface area (TPSA) is 68.8 Å². The van der Waals surface area contributed by atoms with Crippen LogP contribution in [0.5, 0.6) is 0 Å². The molecule has 0 radical (unpaired) electrons. The molecule has 128 valence electrons. The van der Waals surface area contributed by atoms with Crippen molar-refractivity contribution in [1.29, 1.82) is 0 Å². The first-order chi connectivity index (χ1) is 12.2. The maximum absolute atomic E-state index is 12.8. The van der Waals surface area contributed by atoms with Crippen molar-refractivity contribution < 1.29 is 4.79 Å². The molecule has 3 heterocycles. The first-order valence-electron chi connectivity index (χ1n) is 8.40. The highest BCUT2D eigenvalue weighted by Crippen LogP contribution is 2.23. The SMILES string of the molecule is Cc1cnn(C2CCN(C(=O)c3cccc(Cn4cncn4)c3)C2)c1. The molecule has 1 amide bonds. The Bertz CT molecular complexity index is 869. The number of aromatic nitrogens is 5. The van der Waals surface area contributed by atoms with Gasteiger partial charge in [0.25, 0.3) is 5.91 Å². The van der Waals surface area contributed by atoms with Gasteiger partial charge in [0.05, 0.1) is 18.8 Å². The van der Waals surface area contributed by atoms with E-state index in [1.54, 1.807) is 11.0 Å². The molecular formula is C18H20N6O. The van der Waals surface area contributed by atoms with Crippen molar-refractivity contribution in [3.05, 3.63) is 66.0 Å². The van der Waals surface area contributed by atoms with E-state index in [0.717, 1.165) is 29.7 Å². The highest BCUT2D eigenvalue weighted by molar-refractivity contribution is 5.94. The van der Waals surface area contributed by atoms with Crippen LogP contribution in [-0.4, -0.2) is 48.4 Å². The Hall–Kier alpha value is -2.96. The van der Waals surface area contributed by atoms with E-state index in [0.29, 0.717) is 13.1 Å². The van der Waals surface area contributed by atoms with E-state index in [1.807, 2.05) is 53.2 Å². The Morgan fingerprint density at radius 2 is 2.24 bits per heavy atom. The van der Waals surface area contributed by atoms with Crippen molar-refractivity contribution in [2.45, 2.75) is 25.9 Å². The number of amides is 1. The van der Waals surface area contributed by atoms with Crippen molar-refractivity contribution in [1.82, 2.24) is 29.4 Å². The Labute approximate surface area is 145 Å². The Kier molecular flexibility index (Phi) is 4.05. The quantitative estimate of drug-likeness (QED) is 0.730. The number of aryl methyl sites for hydroxylation is 1. The molecular weight excluding hydrogens is 316 g/mol. The van der Waals surface area contributed by atoms with Crippen LogP contribution in [0.25, 0.3) is 0 Å². The van der Waals surface area contributed by atoms with Gasteiger partial charge in [-0.2, -0.15) is 10.2 Å². The maximum Gasteiger partial charge on any atom is 0.253 e. The van der Waals surface area contributed by atoms with Gasteiger partial charge in [0.2, 0.25) is 0 Å². The fraction of sp³-hybridized carbons (Fsp3) is 0.333. The lowest BCUT2D eigenvalue weighted by Crippen LogP contribution is -2.29. The molecule has 0 bridgehead atoms. The lowest BCUT2D eigenvalue weighted by molar-refractivity contribution is 0.0787. The van der Waals surface area contributed by atoms with Crippen LogP contribution in [0.15, 0.2) is 49.3 Å². The van der Waals surface area contributed by atoms with Crippen molar-refractivity contribution in [2.24, 2.45) is 0 Å². The normalized spacial score (nSPS) is 17.2. The molecule has 1 aliphatic heterocycles. The first-order valence-corrected chi connectivity index (χ1v) is 8.40. The second kappa shape index (κ2) is 6.51. The summed E-state index contributed by atoms with van der Waals surface area (Å²) in [7, 11) is 0. The van der Waals surface area contributed by atoms with Crippen molar-refractivity contribution in [3.63, 3.8) is 0 Å². The van der Waals surface area contributed by atoms with Crippen LogP contribution in [0.2, 0.25) is 0 Å². The second-order valence-electron chi connectivity index (χ2n) is 6.48. The van der Waals surface area contributed by atoms with Gasteiger partial charge in [-0.05, 0) is 36.6 Å². The van der Waals surface area contributed by atoms with Gasteiger partial charge in [-0.1, -0.05) is 12.1 Å². The monoisotopic (exact) mass is 336 g/mol. The van der Waals surface area contributed by atoms with Gasteiger partial charge in [0.15, 0.2) is 0 Å². The van der Waals surface area contributed by atoms with Gasteiger partial charge in [-0.3, -0.25) is 9.48 Å². The van der Waals surface area contributed by atoms with Crippen LogP contribution in [0.1, 0.15) is 33.9 Å². The van der Waals surface area contributed by atoms with Crippen LogP contribution in [0.3, 0.4) is 0 Å². The molecule has 1 aromatic carbocycles. The molecule has 0 N–H and O–H groups in total. The molecule has 1 saturated heterocycles. The molecule has 1 unspecified atom stereocenters. The predicted octanol–water partition coefficient (Wildman–Crippen LogP) is 1.92. The Morgan fingerprint density at radius 1 is 1.32 bits per heavy atom. The summed E-state index contributed by atoms with van der Waals surface area (Å²) in [6.45, 7) is 4.10. The summed E-state index contributed by atoms with van der Waals surface area (Å²) in [4.78, 5) is 18.7. The van der Waals surface area contributed by atoms with Gasteiger partial charge >= 0.3 is 0 Å². The summed E-state index contributed by atoms with van der Waals surface area (Å²) in [6.07, 6.45) is 8.02. The van der Waals surface area contributed by atoms with Crippen LogP contribution in [-0.2, 0) is 6.54 Å². The maximum atomic E-state index is 12.8. The second-order valence-corrected chi connectivity index (χ2v) is 6.48. The van der Waals surface area contributed by atoms with Crippen LogP contribution in [0, 0.1) is 6.92 Å². The zero-order valence-electron chi connectivity index (χ0n) is 14.1. The van der Waals surface area contributed by atoms with E-state index in [-0.39, 0.29) is 11.9 Å². The van der Waals surface area contributed by atoms with Gasteiger partial charge in [0.1, 0.15) is 12.7 Å². The predicted molar refractivity (Wildman–Crippen MR) is 92.1 cm³/mol. The van der Waals surface area contributed by atoms with Crippen LogP contribution in [0.4, 0.5) is 0 Å². The largest absolute Gasteiger partial charge is 0.336 e. The van der Waals surface area contributed by atoms with Gasteiger partial charge in [0, 0.05) is 24.8 Å². The number of hydrogen-bond donors (Lipinski definition) is 0. The minimum Gasteiger partial charge on any atom is -0.336 e. The zero-order valence-corrected chi connectivity index (χ0v) is 14.1. The number of nitrogens with zero attached hydrogens (tertiary/aromatic N) is 6. The lowest BCUT2D eigenvalue weighted by atomic mass is 10.1. The molecule has 2 aromatic heterocycles. The Morgan fingerprint density at radius 3 is 3.00 bits per heavy atom. The van der Waals surface area contributed by atoms with Crippen molar-refractivity contribution >= 4 is 5.91 Å². The average Bonchev–Trinajstić information content (AvgIpc) is 3.35. The Balaban J connectivity index is 1.46. The molecule has 0 aliphatic carbocycles. The average molecular weight is 336 g/mol. The number of carbonyl (C=O) groups excluding carboxylic acids is 1. The third-order valence-corrected chi connectivity index (χ3v) is 4.54. The molecule has 25 heavy (non-hydrogen) atoms. The molecule has 7 heteroatoms. The highest BCUT2D eigenvalue weighted by Gasteiger charge is 2.28. The number of likely N-dealkylation sites (tertiary alicyclic amines) is 1. The molecule has 7 nitrogen and oxygen atoms in total. The first kappa shape index (κ1) is 15.6. The summed E-state index contributed by atoms with van der Waals surface area (Å²) in [5, 5.41) is 8.49. The van der Waals surface area contributed by atoms with E-state index in [2.05, 4.69) is 15.2 Å². The third kappa shape index (κ3) is 3.31. The van der Waals surface area contributed by atoms with Gasteiger partial charge < -0.3 is 4.90 Å². The molecule has 4 rings (SSSR count). The number of carbonyl (C=O) groups is 1. The third-order valence-electron chi connectivity index (χ3n) is 4.54. The van der Waals surface area contributed by atoms with E-state index in [1.165, 1.54) is 6.33 Å². The van der Waals surface area contributed by atoms with E-state index >= 15 is 0 Å². The van der Waals surface area contributed by atoms with E-state index in [9.17, 15) is 4.79 Å². The van der Waals surface area contributed by atoms with Gasteiger partial charge in [-0.25, -0.2) is 9.67 Å². The summed E-state index contributed by atoms with van der Waals surface area (Å²) < 4.78 is 3.72. The summed E-state index contributed by atoms with van der Waals surface area (Å²) >= 11 is 0.